The number of nitrogens with zero attached hydrogens (tertiary/aromatic N) is 2. The second kappa shape index (κ2) is 6.58. The summed E-state index contributed by atoms with van der Waals surface area (Å²) >= 11 is 1.57. The first-order valence-corrected chi connectivity index (χ1v) is 9.58. The first kappa shape index (κ1) is 16.6. The van der Waals surface area contributed by atoms with Gasteiger partial charge in [-0.1, -0.05) is 18.2 Å². The Labute approximate surface area is 163 Å². The third-order valence-corrected chi connectivity index (χ3v) is 5.31. The van der Waals surface area contributed by atoms with Crippen LogP contribution < -0.4 is 10.4 Å². The Morgan fingerprint density at radius 3 is 2.71 bits per heavy atom. The third kappa shape index (κ3) is 2.93. The topological polar surface area (TPSA) is 65.2 Å². The minimum atomic E-state index is -0.380. The van der Waals surface area contributed by atoms with Crippen molar-refractivity contribution in [2.45, 2.75) is 6.92 Å². The lowest BCUT2D eigenvalue weighted by Crippen LogP contribution is -1.98. The van der Waals surface area contributed by atoms with Crippen molar-refractivity contribution in [3.05, 3.63) is 82.0 Å². The van der Waals surface area contributed by atoms with Crippen LogP contribution in [0.5, 0.6) is 11.6 Å². The van der Waals surface area contributed by atoms with Crippen molar-refractivity contribution in [1.82, 2.24) is 9.97 Å². The number of fused-ring (bicyclic) bond motifs is 2. The van der Waals surface area contributed by atoms with Crippen LogP contribution in [0.15, 0.2) is 75.3 Å². The number of rotatable bonds is 3. The third-order valence-electron chi connectivity index (χ3n) is 4.45. The van der Waals surface area contributed by atoms with Gasteiger partial charge >= 0.3 is 5.63 Å². The molecule has 6 heteroatoms. The molecule has 0 spiro atoms. The fraction of sp³-hybridized carbons (Fsp3) is 0.0455. The van der Waals surface area contributed by atoms with Gasteiger partial charge in [-0.05, 0) is 48.2 Å². The minimum Gasteiger partial charge on any atom is -0.438 e. The zero-order valence-corrected chi connectivity index (χ0v) is 15.7. The molecule has 5 nitrogen and oxygen atoms in total. The summed E-state index contributed by atoms with van der Waals surface area (Å²) in [5.74, 6) is 1.62. The Bertz CT molecular complexity index is 1370. The molecule has 28 heavy (non-hydrogen) atoms. The highest BCUT2D eigenvalue weighted by Crippen LogP contribution is 2.32. The van der Waals surface area contributed by atoms with E-state index in [2.05, 4.69) is 9.97 Å². The molecule has 0 unspecified atom stereocenters. The van der Waals surface area contributed by atoms with Crippen molar-refractivity contribution in [1.29, 1.82) is 0 Å². The smallest absolute Gasteiger partial charge is 0.336 e. The molecular weight excluding hydrogens is 372 g/mol. The molecule has 136 valence electrons. The lowest BCUT2D eigenvalue weighted by Gasteiger charge is -2.10. The van der Waals surface area contributed by atoms with Crippen LogP contribution in [0.1, 0.15) is 5.56 Å². The summed E-state index contributed by atoms with van der Waals surface area (Å²) in [4.78, 5) is 22.0. The van der Waals surface area contributed by atoms with Crippen molar-refractivity contribution in [3.63, 3.8) is 0 Å². The van der Waals surface area contributed by atoms with Crippen LogP contribution in [0, 0.1) is 6.92 Å². The largest absolute Gasteiger partial charge is 0.438 e. The molecule has 0 saturated carbocycles. The Morgan fingerprint density at radius 2 is 1.86 bits per heavy atom. The SMILES string of the molecule is Cc1cc(=O)oc2cc(Oc3nc(-c4cccs4)nc4ccccc34)ccc12. The molecule has 0 aliphatic carbocycles. The summed E-state index contributed by atoms with van der Waals surface area (Å²) in [5, 5.41) is 3.68. The Kier molecular flexibility index (Phi) is 3.91. The zero-order valence-electron chi connectivity index (χ0n) is 14.9. The number of aromatic nitrogens is 2. The van der Waals surface area contributed by atoms with Crippen LogP contribution in [0.25, 0.3) is 32.6 Å². The molecular formula is C22H14N2O3S. The van der Waals surface area contributed by atoms with E-state index in [1.54, 1.807) is 17.4 Å². The number of hydrogen-bond acceptors (Lipinski definition) is 6. The second-order valence-electron chi connectivity index (χ2n) is 6.36. The molecule has 0 aliphatic rings. The van der Waals surface area contributed by atoms with Crippen LogP contribution in [0.3, 0.4) is 0 Å². The standard InChI is InChI=1S/C22H14N2O3S/c1-13-11-20(25)27-18-12-14(8-9-15(13)18)26-22-16-5-2-3-6-17(16)23-21(24-22)19-7-4-10-28-19/h2-12H,1H3. The number of aryl methyl sites for hydroxylation is 1. The highest BCUT2D eigenvalue weighted by molar-refractivity contribution is 7.13. The zero-order chi connectivity index (χ0) is 19.1. The number of hydrogen-bond donors (Lipinski definition) is 0. The van der Waals surface area contributed by atoms with Gasteiger partial charge in [0.25, 0.3) is 0 Å². The predicted molar refractivity (Wildman–Crippen MR) is 110 cm³/mol. The molecule has 5 aromatic rings. The average molecular weight is 386 g/mol. The van der Waals surface area contributed by atoms with Crippen LogP contribution in [0.2, 0.25) is 0 Å². The van der Waals surface area contributed by atoms with Gasteiger partial charge in [0.1, 0.15) is 11.3 Å². The highest BCUT2D eigenvalue weighted by atomic mass is 32.1. The maximum atomic E-state index is 11.7. The number of benzene rings is 2. The van der Waals surface area contributed by atoms with E-state index in [9.17, 15) is 4.79 Å². The van der Waals surface area contributed by atoms with E-state index in [1.807, 2.05) is 60.8 Å². The molecule has 0 saturated heterocycles. The number of para-hydroxylation sites is 1. The molecule has 0 bridgehead atoms. The summed E-state index contributed by atoms with van der Waals surface area (Å²) in [7, 11) is 0. The van der Waals surface area contributed by atoms with Gasteiger partial charge in [-0.2, -0.15) is 4.98 Å². The van der Waals surface area contributed by atoms with E-state index in [0.29, 0.717) is 23.0 Å². The molecule has 0 amide bonds. The van der Waals surface area contributed by atoms with Gasteiger partial charge in [0.15, 0.2) is 5.82 Å². The van der Waals surface area contributed by atoms with E-state index < -0.39 is 0 Å². The number of ether oxygens (including phenoxy) is 1. The molecule has 0 aliphatic heterocycles. The van der Waals surface area contributed by atoms with Crippen molar-refractivity contribution in [2.24, 2.45) is 0 Å². The molecule has 2 aromatic carbocycles. The quantitative estimate of drug-likeness (QED) is 0.380. The first-order valence-electron chi connectivity index (χ1n) is 8.70. The van der Waals surface area contributed by atoms with Gasteiger partial charge in [0.05, 0.1) is 15.8 Å². The van der Waals surface area contributed by atoms with Gasteiger partial charge in [0.2, 0.25) is 5.88 Å². The van der Waals surface area contributed by atoms with Gasteiger partial charge in [-0.3, -0.25) is 0 Å². The molecule has 3 heterocycles. The summed E-state index contributed by atoms with van der Waals surface area (Å²) in [6.45, 7) is 1.88. The molecule has 0 fully saturated rings. The van der Waals surface area contributed by atoms with Crippen LogP contribution in [0.4, 0.5) is 0 Å². The second-order valence-corrected chi connectivity index (χ2v) is 7.30. The van der Waals surface area contributed by atoms with E-state index in [4.69, 9.17) is 9.15 Å². The maximum Gasteiger partial charge on any atom is 0.336 e. The van der Waals surface area contributed by atoms with Gasteiger partial charge < -0.3 is 9.15 Å². The normalized spacial score (nSPS) is 11.2. The number of thiophene rings is 1. The lowest BCUT2D eigenvalue weighted by molar-refractivity contribution is 0.467. The summed E-state index contributed by atoms with van der Waals surface area (Å²) < 4.78 is 11.4. The Morgan fingerprint density at radius 1 is 0.964 bits per heavy atom. The summed E-state index contributed by atoms with van der Waals surface area (Å²) in [5.41, 5.74) is 1.78. The van der Waals surface area contributed by atoms with Gasteiger partial charge in [-0.15, -0.1) is 11.3 Å². The van der Waals surface area contributed by atoms with Crippen molar-refractivity contribution in [3.8, 4) is 22.3 Å². The molecule has 0 radical (unpaired) electrons. The van der Waals surface area contributed by atoms with Crippen LogP contribution in [-0.4, -0.2) is 9.97 Å². The van der Waals surface area contributed by atoms with Gasteiger partial charge in [-0.25, -0.2) is 9.78 Å². The van der Waals surface area contributed by atoms with Crippen molar-refractivity contribution >= 4 is 33.2 Å². The van der Waals surface area contributed by atoms with Crippen LogP contribution in [-0.2, 0) is 0 Å². The molecule has 3 aromatic heterocycles. The summed E-state index contributed by atoms with van der Waals surface area (Å²) in [6, 6.07) is 18.6. The minimum absolute atomic E-state index is 0.380. The van der Waals surface area contributed by atoms with Crippen LogP contribution >= 0.6 is 11.3 Å². The fourth-order valence-corrected chi connectivity index (χ4v) is 3.78. The van der Waals surface area contributed by atoms with E-state index in [1.165, 1.54) is 6.07 Å². The predicted octanol–water partition coefficient (Wildman–Crippen LogP) is 5.57. The average Bonchev–Trinajstić information content (AvgIpc) is 3.22. The van der Waals surface area contributed by atoms with E-state index >= 15 is 0 Å². The summed E-state index contributed by atoms with van der Waals surface area (Å²) in [6.07, 6.45) is 0. The fourth-order valence-electron chi connectivity index (χ4n) is 3.12. The Balaban J connectivity index is 1.65. The first-order chi connectivity index (χ1) is 13.7. The van der Waals surface area contributed by atoms with Crippen molar-refractivity contribution < 1.29 is 9.15 Å². The maximum absolute atomic E-state index is 11.7. The molecule has 0 N–H and O–H groups in total. The van der Waals surface area contributed by atoms with E-state index in [0.717, 1.165) is 26.7 Å². The highest BCUT2D eigenvalue weighted by Gasteiger charge is 2.13. The van der Waals surface area contributed by atoms with E-state index in [-0.39, 0.29) is 5.63 Å². The van der Waals surface area contributed by atoms with Gasteiger partial charge in [0, 0.05) is 17.5 Å². The molecule has 5 rings (SSSR count). The monoisotopic (exact) mass is 386 g/mol. The lowest BCUT2D eigenvalue weighted by atomic mass is 10.1. The molecule has 0 atom stereocenters. The Hall–Kier alpha value is -3.51. The van der Waals surface area contributed by atoms with Crippen molar-refractivity contribution in [2.75, 3.05) is 0 Å².